The molecule has 8 heteroatoms. The van der Waals surface area contributed by atoms with Gasteiger partial charge in [0, 0.05) is 18.9 Å². The van der Waals surface area contributed by atoms with Crippen LogP contribution in [0, 0.1) is 6.92 Å². The highest BCUT2D eigenvalue weighted by atomic mass is 16.4. The molecule has 1 aliphatic heterocycles. The summed E-state index contributed by atoms with van der Waals surface area (Å²) < 4.78 is 3.36. The van der Waals surface area contributed by atoms with Crippen LogP contribution in [0.4, 0.5) is 0 Å². The zero-order valence-corrected chi connectivity index (χ0v) is 10.5. The number of hydrogen-bond acceptors (Lipinski definition) is 5. The van der Waals surface area contributed by atoms with E-state index in [1.165, 1.54) is 4.68 Å². The van der Waals surface area contributed by atoms with Crippen LogP contribution in [0.2, 0.25) is 0 Å². The number of carbonyl (C=O) groups is 1. The molecule has 0 radical (unpaired) electrons. The first-order valence-electron chi connectivity index (χ1n) is 6.13. The standard InChI is InChI=1S/C11H14N6O2/c1-7-14-11(17(15-7)5-10(18)19)8-2-3-16-9(4-8)12-6-13-16/h6,8H,2-5H2,1H3,(H,18,19). The third-order valence-electron chi connectivity index (χ3n) is 3.27. The van der Waals surface area contributed by atoms with Gasteiger partial charge in [0.05, 0.1) is 0 Å². The lowest BCUT2D eigenvalue weighted by Crippen LogP contribution is -2.23. The molecular formula is C11H14N6O2. The summed E-state index contributed by atoms with van der Waals surface area (Å²) in [6.07, 6.45) is 3.14. The molecular weight excluding hydrogens is 248 g/mol. The molecule has 0 amide bonds. The van der Waals surface area contributed by atoms with E-state index in [0.29, 0.717) is 5.82 Å². The van der Waals surface area contributed by atoms with Crippen molar-refractivity contribution in [3.63, 3.8) is 0 Å². The minimum atomic E-state index is -0.912. The van der Waals surface area contributed by atoms with E-state index < -0.39 is 5.97 Å². The number of rotatable bonds is 3. The maximum atomic E-state index is 10.9. The summed E-state index contributed by atoms with van der Waals surface area (Å²) in [6.45, 7) is 2.39. The third kappa shape index (κ3) is 2.20. The molecule has 1 N–H and O–H groups in total. The van der Waals surface area contributed by atoms with Crippen molar-refractivity contribution in [1.82, 2.24) is 29.5 Å². The molecule has 0 saturated carbocycles. The Labute approximate surface area is 109 Å². The SMILES string of the molecule is Cc1nc(C2CCn3ncnc3C2)n(CC(=O)O)n1. The first-order valence-corrected chi connectivity index (χ1v) is 6.13. The van der Waals surface area contributed by atoms with Gasteiger partial charge >= 0.3 is 5.97 Å². The first kappa shape index (κ1) is 11.8. The number of nitrogens with zero attached hydrogens (tertiary/aromatic N) is 6. The normalized spacial score (nSPS) is 18.3. The highest BCUT2D eigenvalue weighted by molar-refractivity contribution is 5.66. The molecule has 2 aromatic heterocycles. The smallest absolute Gasteiger partial charge is 0.325 e. The monoisotopic (exact) mass is 262 g/mol. The molecule has 2 aromatic rings. The Morgan fingerprint density at radius 2 is 2.42 bits per heavy atom. The highest BCUT2D eigenvalue weighted by Crippen LogP contribution is 2.26. The maximum absolute atomic E-state index is 10.9. The van der Waals surface area contributed by atoms with Crippen LogP contribution in [-0.4, -0.2) is 40.6 Å². The number of fused-ring (bicyclic) bond motifs is 1. The van der Waals surface area contributed by atoms with Crippen molar-refractivity contribution in [2.45, 2.75) is 38.8 Å². The largest absolute Gasteiger partial charge is 0.480 e. The fourth-order valence-corrected chi connectivity index (χ4v) is 2.47. The molecule has 0 aromatic carbocycles. The topological polar surface area (TPSA) is 98.7 Å². The quantitative estimate of drug-likeness (QED) is 0.835. The van der Waals surface area contributed by atoms with E-state index in [9.17, 15) is 4.79 Å². The molecule has 0 fully saturated rings. The zero-order chi connectivity index (χ0) is 13.4. The molecule has 1 unspecified atom stereocenters. The second-order valence-corrected chi connectivity index (χ2v) is 4.66. The summed E-state index contributed by atoms with van der Waals surface area (Å²) in [4.78, 5) is 19.4. The third-order valence-corrected chi connectivity index (χ3v) is 3.27. The average molecular weight is 262 g/mol. The molecule has 1 atom stereocenters. The molecule has 100 valence electrons. The Bertz CT molecular complexity index is 616. The van der Waals surface area contributed by atoms with E-state index in [4.69, 9.17) is 5.11 Å². The minimum absolute atomic E-state index is 0.150. The van der Waals surface area contributed by atoms with Gasteiger partial charge in [0.1, 0.15) is 30.3 Å². The minimum Gasteiger partial charge on any atom is -0.480 e. The van der Waals surface area contributed by atoms with E-state index in [0.717, 1.165) is 31.0 Å². The van der Waals surface area contributed by atoms with Gasteiger partial charge in [-0.05, 0) is 13.3 Å². The number of carboxylic acids is 1. The maximum Gasteiger partial charge on any atom is 0.325 e. The lowest BCUT2D eigenvalue weighted by Gasteiger charge is -2.21. The Morgan fingerprint density at radius 1 is 1.58 bits per heavy atom. The summed E-state index contributed by atoms with van der Waals surface area (Å²) in [5.74, 6) is 1.48. The summed E-state index contributed by atoms with van der Waals surface area (Å²) in [5, 5.41) is 17.2. The van der Waals surface area contributed by atoms with Crippen LogP contribution < -0.4 is 0 Å². The number of carboxylic acid groups (broad SMARTS) is 1. The molecule has 8 nitrogen and oxygen atoms in total. The van der Waals surface area contributed by atoms with Gasteiger partial charge in [-0.15, -0.1) is 0 Å². The summed E-state index contributed by atoms with van der Waals surface area (Å²) >= 11 is 0. The number of hydrogen-bond donors (Lipinski definition) is 1. The fourth-order valence-electron chi connectivity index (χ4n) is 2.47. The summed E-state index contributed by atoms with van der Waals surface area (Å²) in [5.41, 5.74) is 0. The number of aromatic nitrogens is 6. The van der Waals surface area contributed by atoms with Gasteiger partial charge in [-0.25, -0.2) is 14.6 Å². The van der Waals surface area contributed by atoms with Crippen molar-refractivity contribution in [2.24, 2.45) is 0 Å². The highest BCUT2D eigenvalue weighted by Gasteiger charge is 2.26. The van der Waals surface area contributed by atoms with E-state index in [1.807, 2.05) is 4.68 Å². The van der Waals surface area contributed by atoms with Crippen LogP contribution in [0.25, 0.3) is 0 Å². The molecule has 0 spiro atoms. The second-order valence-electron chi connectivity index (χ2n) is 4.66. The predicted octanol–water partition coefficient (Wildman–Crippen LogP) is -0.00738. The Morgan fingerprint density at radius 3 is 3.21 bits per heavy atom. The van der Waals surface area contributed by atoms with Crippen LogP contribution in [0.3, 0.4) is 0 Å². The van der Waals surface area contributed by atoms with Crippen LogP contribution in [0.5, 0.6) is 0 Å². The van der Waals surface area contributed by atoms with Crippen molar-refractivity contribution in [3.05, 3.63) is 23.8 Å². The molecule has 3 heterocycles. The van der Waals surface area contributed by atoms with Gasteiger partial charge < -0.3 is 5.11 Å². The van der Waals surface area contributed by atoms with Crippen LogP contribution in [0.1, 0.15) is 29.8 Å². The van der Waals surface area contributed by atoms with Gasteiger partial charge in [-0.3, -0.25) is 9.48 Å². The van der Waals surface area contributed by atoms with Crippen LogP contribution in [-0.2, 0) is 24.3 Å². The Balaban J connectivity index is 1.89. The molecule has 0 saturated heterocycles. The van der Waals surface area contributed by atoms with Gasteiger partial charge in [-0.1, -0.05) is 0 Å². The first-order chi connectivity index (χ1) is 9.13. The van der Waals surface area contributed by atoms with Gasteiger partial charge in [-0.2, -0.15) is 10.2 Å². The van der Waals surface area contributed by atoms with E-state index in [1.54, 1.807) is 13.3 Å². The average Bonchev–Trinajstić information content (AvgIpc) is 2.93. The number of aliphatic carboxylic acids is 1. The van der Waals surface area contributed by atoms with Crippen LogP contribution in [0.15, 0.2) is 6.33 Å². The predicted molar refractivity (Wildman–Crippen MR) is 63.5 cm³/mol. The molecule has 0 bridgehead atoms. The van der Waals surface area contributed by atoms with Gasteiger partial charge in [0.25, 0.3) is 0 Å². The van der Waals surface area contributed by atoms with E-state index in [-0.39, 0.29) is 12.5 Å². The second kappa shape index (κ2) is 4.45. The van der Waals surface area contributed by atoms with Crippen molar-refractivity contribution < 1.29 is 9.90 Å². The Kier molecular flexibility index (Phi) is 2.77. The van der Waals surface area contributed by atoms with Gasteiger partial charge in [0.15, 0.2) is 0 Å². The van der Waals surface area contributed by atoms with E-state index >= 15 is 0 Å². The fraction of sp³-hybridized carbons (Fsp3) is 0.545. The number of aryl methyl sites for hydroxylation is 2. The van der Waals surface area contributed by atoms with Crippen molar-refractivity contribution in [2.75, 3.05) is 0 Å². The van der Waals surface area contributed by atoms with Crippen molar-refractivity contribution in [3.8, 4) is 0 Å². The molecule has 19 heavy (non-hydrogen) atoms. The molecule has 3 rings (SSSR count). The van der Waals surface area contributed by atoms with Crippen LogP contribution >= 0.6 is 0 Å². The van der Waals surface area contributed by atoms with Crippen molar-refractivity contribution >= 4 is 5.97 Å². The Hall–Kier alpha value is -2.25. The zero-order valence-electron chi connectivity index (χ0n) is 10.5. The van der Waals surface area contributed by atoms with Crippen molar-refractivity contribution in [1.29, 1.82) is 0 Å². The lowest BCUT2D eigenvalue weighted by atomic mass is 9.97. The summed E-state index contributed by atoms with van der Waals surface area (Å²) in [6, 6.07) is 0. The lowest BCUT2D eigenvalue weighted by molar-refractivity contribution is -0.137. The molecule has 1 aliphatic rings. The van der Waals surface area contributed by atoms with Gasteiger partial charge in [0.2, 0.25) is 0 Å². The van der Waals surface area contributed by atoms with E-state index in [2.05, 4.69) is 20.2 Å². The molecule has 0 aliphatic carbocycles. The summed E-state index contributed by atoms with van der Waals surface area (Å²) in [7, 11) is 0.